The van der Waals surface area contributed by atoms with Crippen LogP contribution in [0.1, 0.15) is 26.7 Å². The summed E-state index contributed by atoms with van der Waals surface area (Å²) < 4.78 is 5.27. The van der Waals surface area contributed by atoms with E-state index in [1.54, 1.807) is 6.92 Å². The van der Waals surface area contributed by atoms with Crippen LogP contribution in [0.25, 0.3) is 0 Å². The molecule has 0 unspecified atom stereocenters. The summed E-state index contributed by atoms with van der Waals surface area (Å²) in [7, 11) is 0. The number of nitrogens with one attached hydrogen (secondary N) is 1. The second-order valence-electron chi connectivity index (χ2n) is 4.80. The molecule has 5 nitrogen and oxygen atoms in total. The van der Waals surface area contributed by atoms with Crippen LogP contribution in [0.15, 0.2) is 22.8 Å². The summed E-state index contributed by atoms with van der Waals surface area (Å²) in [5, 5.41) is 11.6. The zero-order chi connectivity index (χ0) is 13.3. The first-order valence-electron chi connectivity index (χ1n) is 6.06. The van der Waals surface area contributed by atoms with Crippen LogP contribution in [0.5, 0.6) is 0 Å². The minimum absolute atomic E-state index is 0.141. The lowest BCUT2D eigenvalue weighted by atomic mass is 9.92. The maximum Gasteiger partial charge on any atom is 0.336 e. The number of rotatable bonds is 4. The molecule has 18 heavy (non-hydrogen) atoms. The topological polar surface area (TPSA) is 75.6 Å². The van der Waals surface area contributed by atoms with Crippen molar-refractivity contribution >= 4 is 11.9 Å². The predicted molar refractivity (Wildman–Crippen MR) is 65.0 cm³/mol. The lowest BCUT2D eigenvalue weighted by molar-refractivity contribution is -0.141. The quantitative estimate of drug-likeness (QED) is 0.729. The van der Waals surface area contributed by atoms with E-state index in [-0.39, 0.29) is 18.6 Å². The summed E-state index contributed by atoms with van der Waals surface area (Å²) in [6.45, 7) is 3.81. The van der Waals surface area contributed by atoms with E-state index in [1.165, 1.54) is 5.57 Å². The van der Waals surface area contributed by atoms with Crippen molar-refractivity contribution in [1.29, 1.82) is 0 Å². The van der Waals surface area contributed by atoms with Crippen LogP contribution in [-0.4, -0.2) is 35.7 Å². The van der Waals surface area contributed by atoms with Crippen LogP contribution >= 0.6 is 0 Å². The number of hydrogen-bond donors (Lipinski definition) is 2. The van der Waals surface area contributed by atoms with Crippen molar-refractivity contribution in [3.05, 3.63) is 22.8 Å². The molecule has 2 aliphatic rings. The minimum atomic E-state index is -0.932. The van der Waals surface area contributed by atoms with Gasteiger partial charge in [-0.3, -0.25) is 4.79 Å². The van der Waals surface area contributed by atoms with Gasteiger partial charge in [-0.05, 0) is 26.7 Å². The van der Waals surface area contributed by atoms with Crippen molar-refractivity contribution in [3.8, 4) is 0 Å². The molecule has 2 N–H and O–H groups in total. The molecular weight excluding hydrogens is 234 g/mol. The maximum atomic E-state index is 11.7. The number of carboxylic acid groups (broad SMARTS) is 1. The molecule has 0 fully saturated rings. The SMILES string of the molecule is CC1=CC2=C(CN[C@@H](C)C(=O)O)C(=O)O[C@@H]2CC1. The second-order valence-corrected chi connectivity index (χ2v) is 4.80. The Hall–Kier alpha value is -1.62. The molecule has 0 aromatic rings. The van der Waals surface area contributed by atoms with E-state index in [0.717, 1.165) is 18.4 Å². The van der Waals surface area contributed by atoms with Gasteiger partial charge < -0.3 is 15.2 Å². The molecule has 1 heterocycles. The van der Waals surface area contributed by atoms with Gasteiger partial charge in [0.15, 0.2) is 0 Å². The van der Waals surface area contributed by atoms with Gasteiger partial charge in [0.05, 0.1) is 5.57 Å². The highest BCUT2D eigenvalue weighted by molar-refractivity contribution is 5.94. The predicted octanol–water partition coefficient (Wildman–Crippen LogP) is 1.01. The number of allylic oxidation sites excluding steroid dienone is 1. The Morgan fingerprint density at radius 1 is 1.67 bits per heavy atom. The second kappa shape index (κ2) is 4.94. The maximum absolute atomic E-state index is 11.7. The summed E-state index contributed by atoms with van der Waals surface area (Å²) >= 11 is 0. The number of aliphatic carboxylic acids is 1. The number of ether oxygens (including phenoxy) is 1. The molecular formula is C13H17NO4. The van der Waals surface area contributed by atoms with Crippen LogP contribution in [-0.2, 0) is 14.3 Å². The molecule has 0 bridgehead atoms. The molecule has 0 spiro atoms. The Balaban J connectivity index is 2.14. The standard InChI is InChI=1S/C13H17NO4/c1-7-3-4-11-9(5-7)10(13(17)18-11)6-14-8(2)12(15)16/h5,8,11,14H,3-4,6H2,1-2H3,(H,15,16)/t8-,11+/m0/s1. The fourth-order valence-corrected chi connectivity index (χ4v) is 2.18. The largest absolute Gasteiger partial charge is 0.480 e. The minimum Gasteiger partial charge on any atom is -0.480 e. The Kier molecular flexibility index (Phi) is 3.52. The number of hydrogen-bond acceptors (Lipinski definition) is 4. The number of carbonyl (C=O) groups excluding carboxylic acids is 1. The first kappa shape index (κ1) is 12.8. The summed E-state index contributed by atoms with van der Waals surface area (Å²) in [4.78, 5) is 22.4. The lowest BCUT2D eigenvalue weighted by Crippen LogP contribution is -2.35. The van der Waals surface area contributed by atoms with E-state index in [2.05, 4.69) is 5.32 Å². The summed E-state index contributed by atoms with van der Waals surface area (Å²) in [6.07, 6.45) is 3.61. The third-order valence-electron chi connectivity index (χ3n) is 3.35. The van der Waals surface area contributed by atoms with E-state index >= 15 is 0 Å². The van der Waals surface area contributed by atoms with Crippen LogP contribution in [0.4, 0.5) is 0 Å². The number of carbonyl (C=O) groups is 2. The average molecular weight is 251 g/mol. The first-order valence-corrected chi connectivity index (χ1v) is 6.06. The van der Waals surface area contributed by atoms with Gasteiger partial charge in [0, 0.05) is 12.1 Å². The Labute approximate surface area is 106 Å². The van der Waals surface area contributed by atoms with Crippen molar-refractivity contribution in [2.24, 2.45) is 0 Å². The molecule has 1 aliphatic carbocycles. The smallest absolute Gasteiger partial charge is 0.336 e. The van der Waals surface area contributed by atoms with E-state index in [1.807, 2.05) is 13.0 Å². The van der Waals surface area contributed by atoms with Gasteiger partial charge in [-0.25, -0.2) is 4.79 Å². The Morgan fingerprint density at radius 2 is 2.39 bits per heavy atom. The molecule has 2 rings (SSSR count). The highest BCUT2D eigenvalue weighted by Gasteiger charge is 2.34. The van der Waals surface area contributed by atoms with Crippen molar-refractivity contribution in [1.82, 2.24) is 5.32 Å². The number of esters is 1. The van der Waals surface area contributed by atoms with Crippen molar-refractivity contribution in [2.45, 2.75) is 38.8 Å². The zero-order valence-corrected chi connectivity index (χ0v) is 10.5. The van der Waals surface area contributed by atoms with Crippen molar-refractivity contribution < 1.29 is 19.4 Å². The third kappa shape index (κ3) is 2.46. The molecule has 0 radical (unpaired) electrons. The molecule has 98 valence electrons. The van der Waals surface area contributed by atoms with Gasteiger partial charge in [0.2, 0.25) is 0 Å². The highest BCUT2D eigenvalue weighted by atomic mass is 16.5. The molecule has 5 heteroatoms. The van der Waals surface area contributed by atoms with Gasteiger partial charge in [-0.15, -0.1) is 0 Å². The highest BCUT2D eigenvalue weighted by Crippen LogP contribution is 2.32. The molecule has 0 saturated carbocycles. The zero-order valence-electron chi connectivity index (χ0n) is 10.5. The van der Waals surface area contributed by atoms with E-state index in [0.29, 0.717) is 5.57 Å². The Bertz CT molecular complexity index is 450. The first-order chi connectivity index (χ1) is 8.49. The van der Waals surface area contributed by atoms with Gasteiger partial charge >= 0.3 is 11.9 Å². The molecule has 1 aliphatic heterocycles. The van der Waals surface area contributed by atoms with Gasteiger partial charge in [0.1, 0.15) is 12.1 Å². The van der Waals surface area contributed by atoms with E-state index in [9.17, 15) is 9.59 Å². The lowest BCUT2D eigenvalue weighted by Gasteiger charge is -2.17. The van der Waals surface area contributed by atoms with Crippen LogP contribution in [0, 0.1) is 0 Å². The summed E-state index contributed by atoms with van der Waals surface area (Å²) in [6, 6.07) is -0.682. The van der Waals surface area contributed by atoms with E-state index < -0.39 is 12.0 Å². The fraction of sp³-hybridized carbons (Fsp3) is 0.538. The van der Waals surface area contributed by atoms with E-state index in [4.69, 9.17) is 9.84 Å². The van der Waals surface area contributed by atoms with Gasteiger partial charge in [0.25, 0.3) is 0 Å². The summed E-state index contributed by atoms with van der Waals surface area (Å²) in [5.41, 5.74) is 2.70. The van der Waals surface area contributed by atoms with Crippen LogP contribution in [0.2, 0.25) is 0 Å². The normalized spacial score (nSPS) is 24.4. The van der Waals surface area contributed by atoms with Crippen molar-refractivity contribution in [2.75, 3.05) is 6.54 Å². The molecule has 0 amide bonds. The molecule has 0 aromatic carbocycles. The van der Waals surface area contributed by atoms with Gasteiger partial charge in [-0.2, -0.15) is 0 Å². The average Bonchev–Trinajstić information content (AvgIpc) is 2.61. The third-order valence-corrected chi connectivity index (χ3v) is 3.35. The van der Waals surface area contributed by atoms with Crippen LogP contribution < -0.4 is 5.32 Å². The monoisotopic (exact) mass is 251 g/mol. The molecule has 0 aromatic heterocycles. The number of fused-ring (bicyclic) bond motifs is 1. The molecule has 2 atom stereocenters. The Morgan fingerprint density at radius 3 is 3.06 bits per heavy atom. The summed E-state index contributed by atoms with van der Waals surface area (Å²) in [5.74, 6) is -1.26. The van der Waals surface area contributed by atoms with Crippen molar-refractivity contribution in [3.63, 3.8) is 0 Å². The van der Waals surface area contributed by atoms with Crippen LogP contribution in [0.3, 0.4) is 0 Å². The number of carboxylic acids is 1. The van der Waals surface area contributed by atoms with Gasteiger partial charge in [-0.1, -0.05) is 11.6 Å². The fourth-order valence-electron chi connectivity index (χ4n) is 2.18. The molecule has 0 saturated heterocycles.